The van der Waals surface area contributed by atoms with Gasteiger partial charge in [0.2, 0.25) is 0 Å². The van der Waals surface area contributed by atoms with Gasteiger partial charge in [0.25, 0.3) is 5.69 Å². The Morgan fingerprint density at radius 2 is 2.09 bits per heavy atom. The normalized spacial score (nSPS) is 10.4. The van der Waals surface area contributed by atoms with Gasteiger partial charge in [-0.15, -0.1) is 0 Å². The minimum Gasteiger partial charge on any atom is -0.393 e. The monoisotopic (exact) mass is 299 g/mol. The second kappa shape index (κ2) is 6.80. The number of nitro benzene ring substituents is 1. The van der Waals surface area contributed by atoms with Crippen molar-refractivity contribution in [2.24, 2.45) is 0 Å². The largest absolute Gasteiger partial charge is 0.393 e. The number of nitrogen functional groups attached to an aromatic ring is 1. The number of rotatable bonds is 6. The zero-order valence-corrected chi connectivity index (χ0v) is 12.3. The number of anilines is 1. The molecule has 0 fully saturated rings. The first-order valence-corrected chi connectivity index (χ1v) is 7.03. The topological polar surface area (TPSA) is 99.1 Å². The van der Waals surface area contributed by atoms with Crippen molar-refractivity contribution in [1.82, 2.24) is 4.98 Å². The third-order valence-corrected chi connectivity index (χ3v) is 3.36. The number of nitrogens with two attached hydrogens (primary N) is 1. The Balaban J connectivity index is 2.45. The van der Waals surface area contributed by atoms with Crippen LogP contribution in [-0.2, 0) is 6.42 Å². The van der Waals surface area contributed by atoms with Gasteiger partial charge in [0, 0.05) is 35.9 Å². The Kier molecular flexibility index (Phi) is 4.83. The quantitative estimate of drug-likeness (QED) is 0.382. The van der Waals surface area contributed by atoms with Crippen molar-refractivity contribution in [3.63, 3.8) is 0 Å². The lowest BCUT2D eigenvalue weighted by Gasteiger charge is -2.09. The number of hydrogen-bond donors (Lipinski definition) is 1. The van der Waals surface area contributed by atoms with Gasteiger partial charge in [-0.05, 0) is 24.6 Å². The number of aromatic nitrogens is 1. The van der Waals surface area contributed by atoms with Crippen LogP contribution in [0.1, 0.15) is 41.4 Å². The van der Waals surface area contributed by atoms with E-state index in [4.69, 9.17) is 5.73 Å². The Hall–Kier alpha value is -2.76. The summed E-state index contributed by atoms with van der Waals surface area (Å²) >= 11 is 0. The molecule has 6 heteroatoms. The maximum absolute atomic E-state index is 12.0. The molecule has 22 heavy (non-hydrogen) atoms. The van der Waals surface area contributed by atoms with Crippen LogP contribution in [0.25, 0.3) is 0 Å². The fraction of sp³-hybridized carbons (Fsp3) is 0.250. The Labute approximate surface area is 128 Å². The molecule has 0 amide bonds. The molecule has 2 aromatic rings. The Morgan fingerprint density at radius 1 is 1.32 bits per heavy atom. The number of hydrogen-bond acceptors (Lipinski definition) is 5. The van der Waals surface area contributed by atoms with Gasteiger partial charge in [0.1, 0.15) is 5.69 Å². The van der Waals surface area contributed by atoms with Crippen LogP contribution in [0.4, 0.5) is 11.4 Å². The Morgan fingerprint density at radius 3 is 2.68 bits per heavy atom. The SMILES string of the molecule is CCCC(=O)c1ccc(Cc2ccccn2)c([N+](=O)[O-])c1N. The first kappa shape index (κ1) is 15.6. The van der Waals surface area contributed by atoms with Crippen molar-refractivity contribution in [1.29, 1.82) is 0 Å². The van der Waals surface area contributed by atoms with Crippen LogP contribution >= 0.6 is 0 Å². The zero-order chi connectivity index (χ0) is 16.1. The average molecular weight is 299 g/mol. The van der Waals surface area contributed by atoms with E-state index in [0.717, 1.165) is 0 Å². The first-order chi connectivity index (χ1) is 10.5. The number of ketones is 1. The van der Waals surface area contributed by atoms with E-state index in [1.54, 1.807) is 30.5 Å². The summed E-state index contributed by atoms with van der Waals surface area (Å²) < 4.78 is 0. The molecular weight excluding hydrogens is 282 g/mol. The minimum atomic E-state index is -0.531. The molecule has 0 bridgehead atoms. The number of carbonyl (C=O) groups is 1. The molecule has 2 N–H and O–H groups in total. The summed E-state index contributed by atoms with van der Waals surface area (Å²) in [5.74, 6) is -0.174. The number of carbonyl (C=O) groups excluding carboxylic acids is 1. The highest BCUT2D eigenvalue weighted by Crippen LogP contribution is 2.32. The molecule has 1 heterocycles. The molecule has 0 saturated carbocycles. The number of Topliss-reactive ketones (excluding diaryl/α,β-unsaturated/α-hetero) is 1. The fourth-order valence-electron chi connectivity index (χ4n) is 2.31. The van der Waals surface area contributed by atoms with Crippen LogP contribution in [-0.4, -0.2) is 15.7 Å². The molecule has 0 aliphatic carbocycles. The molecule has 1 aromatic heterocycles. The molecule has 0 unspecified atom stereocenters. The summed E-state index contributed by atoms with van der Waals surface area (Å²) in [5, 5.41) is 11.4. The Bertz CT molecular complexity index is 699. The third kappa shape index (κ3) is 3.28. The van der Waals surface area contributed by atoms with Gasteiger partial charge in [-0.1, -0.05) is 19.1 Å². The van der Waals surface area contributed by atoms with E-state index in [9.17, 15) is 14.9 Å². The molecule has 1 aromatic carbocycles. The standard InChI is InChI=1S/C16H17N3O3/c1-2-5-14(20)13-8-7-11(16(15(13)17)19(21)22)10-12-6-3-4-9-18-12/h3-4,6-9H,2,5,10,17H2,1H3. The van der Waals surface area contributed by atoms with Crippen LogP contribution in [0.15, 0.2) is 36.5 Å². The summed E-state index contributed by atoms with van der Waals surface area (Å²) in [5.41, 5.74) is 7.01. The van der Waals surface area contributed by atoms with E-state index in [2.05, 4.69) is 4.98 Å². The van der Waals surface area contributed by atoms with E-state index in [1.807, 2.05) is 13.0 Å². The van der Waals surface area contributed by atoms with Crippen LogP contribution in [0.2, 0.25) is 0 Å². The average Bonchev–Trinajstić information content (AvgIpc) is 2.48. The van der Waals surface area contributed by atoms with E-state index >= 15 is 0 Å². The van der Waals surface area contributed by atoms with Gasteiger partial charge in [0.05, 0.1) is 4.92 Å². The van der Waals surface area contributed by atoms with E-state index in [1.165, 1.54) is 0 Å². The lowest BCUT2D eigenvalue weighted by Crippen LogP contribution is -2.09. The molecule has 114 valence electrons. The molecule has 6 nitrogen and oxygen atoms in total. The molecule has 0 spiro atoms. The minimum absolute atomic E-state index is 0.0584. The highest BCUT2D eigenvalue weighted by atomic mass is 16.6. The highest BCUT2D eigenvalue weighted by Gasteiger charge is 2.24. The number of nitro groups is 1. The smallest absolute Gasteiger partial charge is 0.296 e. The lowest BCUT2D eigenvalue weighted by atomic mass is 9.98. The first-order valence-electron chi connectivity index (χ1n) is 7.03. The van der Waals surface area contributed by atoms with Crippen molar-refractivity contribution in [2.75, 3.05) is 5.73 Å². The van der Waals surface area contributed by atoms with Crippen LogP contribution < -0.4 is 5.73 Å². The van der Waals surface area contributed by atoms with Gasteiger partial charge >= 0.3 is 0 Å². The summed E-state index contributed by atoms with van der Waals surface area (Å²) in [6.45, 7) is 1.87. The molecule has 2 rings (SSSR count). The predicted octanol–water partition coefficient (Wildman–Crippen LogP) is 3.15. The van der Waals surface area contributed by atoms with Gasteiger partial charge in [0.15, 0.2) is 5.78 Å². The molecule has 0 radical (unpaired) electrons. The van der Waals surface area contributed by atoms with E-state index in [0.29, 0.717) is 30.5 Å². The molecule has 0 atom stereocenters. The molecule has 0 aliphatic heterocycles. The fourth-order valence-corrected chi connectivity index (χ4v) is 2.31. The maximum Gasteiger partial charge on any atom is 0.296 e. The van der Waals surface area contributed by atoms with E-state index < -0.39 is 4.92 Å². The van der Waals surface area contributed by atoms with Crippen LogP contribution in [0.3, 0.4) is 0 Å². The maximum atomic E-state index is 12.0. The van der Waals surface area contributed by atoms with Gasteiger partial charge in [-0.25, -0.2) is 0 Å². The summed E-state index contributed by atoms with van der Waals surface area (Å²) in [4.78, 5) is 27.0. The third-order valence-electron chi connectivity index (χ3n) is 3.36. The van der Waals surface area contributed by atoms with Gasteiger partial charge in [-0.2, -0.15) is 0 Å². The molecule has 0 aliphatic rings. The zero-order valence-electron chi connectivity index (χ0n) is 12.3. The predicted molar refractivity (Wildman–Crippen MR) is 83.8 cm³/mol. The van der Waals surface area contributed by atoms with Crippen molar-refractivity contribution in [3.8, 4) is 0 Å². The number of nitrogens with zero attached hydrogens (tertiary/aromatic N) is 2. The summed E-state index contributed by atoms with van der Waals surface area (Å²) in [7, 11) is 0. The van der Waals surface area contributed by atoms with Crippen molar-refractivity contribution < 1.29 is 9.72 Å². The van der Waals surface area contributed by atoms with Crippen molar-refractivity contribution >= 4 is 17.2 Å². The van der Waals surface area contributed by atoms with Crippen LogP contribution in [0.5, 0.6) is 0 Å². The van der Waals surface area contributed by atoms with E-state index in [-0.39, 0.29) is 22.7 Å². The van der Waals surface area contributed by atoms with Crippen molar-refractivity contribution in [2.45, 2.75) is 26.2 Å². The van der Waals surface area contributed by atoms with Crippen LogP contribution in [0, 0.1) is 10.1 Å². The second-order valence-electron chi connectivity index (χ2n) is 4.96. The summed E-state index contributed by atoms with van der Waals surface area (Å²) in [6, 6.07) is 8.54. The highest BCUT2D eigenvalue weighted by molar-refractivity contribution is 6.02. The molecule has 0 saturated heterocycles. The number of benzene rings is 1. The second-order valence-corrected chi connectivity index (χ2v) is 4.96. The number of pyridine rings is 1. The van der Waals surface area contributed by atoms with Crippen molar-refractivity contribution in [3.05, 3.63) is 63.5 Å². The lowest BCUT2D eigenvalue weighted by molar-refractivity contribution is -0.384. The molecular formula is C16H17N3O3. The summed E-state index contributed by atoms with van der Waals surface area (Å²) in [6.07, 6.45) is 2.91. The van der Waals surface area contributed by atoms with Gasteiger partial charge < -0.3 is 5.73 Å². The van der Waals surface area contributed by atoms with Gasteiger partial charge in [-0.3, -0.25) is 19.9 Å².